The largest absolute Gasteiger partial charge is 0.462 e. The van der Waals surface area contributed by atoms with Crippen molar-refractivity contribution in [3.05, 3.63) is 23.5 Å². The highest BCUT2D eigenvalue weighted by Gasteiger charge is 2.11. The van der Waals surface area contributed by atoms with E-state index in [-0.39, 0.29) is 23.5 Å². The summed E-state index contributed by atoms with van der Waals surface area (Å²) in [5.41, 5.74) is 10.6. The lowest BCUT2D eigenvalue weighted by molar-refractivity contribution is 0.0526. The summed E-state index contributed by atoms with van der Waals surface area (Å²) >= 11 is 0. The fourth-order valence-electron chi connectivity index (χ4n) is 0.971. The predicted octanol–water partition coefficient (Wildman–Crippen LogP) is 1.17. The van der Waals surface area contributed by atoms with Gasteiger partial charge in [-0.25, -0.2) is 9.18 Å². The minimum Gasteiger partial charge on any atom is -0.462 e. The number of carbonyl (C=O) groups excluding carboxylic acids is 1. The van der Waals surface area contributed by atoms with E-state index in [9.17, 15) is 9.18 Å². The first-order valence-corrected chi connectivity index (χ1v) is 4.08. The van der Waals surface area contributed by atoms with Crippen molar-refractivity contribution in [3.63, 3.8) is 0 Å². The van der Waals surface area contributed by atoms with Crippen LogP contribution >= 0.6 is 0 Å². The molecule has 5 heteroatoms. The van der Waals surface area contributed by atoms with Gasteiger partial charge in [0, 0.05) is 0 Å². The molecule has 0 aliphatic carbocycles. The number of carbonyl (C=O) groups is 1. The molecule has 0 bridgehead atoms. The lowest BCUT2D eigenvalue weighted by Crippen LogP contribution is -2.07. The van der Waals surface area contributed by atoms with Gasteiger partial charge in [-0.1, -0.05) is 0 Å². The molecule has 0 aliphatic rings. The molecule has 0 fully saturated rings. The molecule has 1 aromatic carbocycles. The Morgan fingerprint density at radius 3 is 2.64 bits per heavy atom. The maximum Gasteiger partial charge on any atom is 0.338 e. The van der Waals surface area contributed by atoms with Gasteiger partial charge in [0.05, 0.1) is 23.5 Å². The molecule has 76 valence electrons. The smallest absolute Gasteiger partial charge is 0.338 e. The Hall–Kier alpha value is -1.78. The van der Waals surface area contributed by atoms with Gasteiger partial charge in [-0.2, -0.15) is 0 Å². The molecular weight excluding hydrogens is 187 g/mol. The first kappa shape index (κ1) is 10.3. The first-order chi connectivity index (χ1) is 6.56. The van der Waals surface area contributed by atoms with E-state index in [1.165, 1.54) is 6.07 Å². The van der Waals surface area contributed by atoms with Crippen LogP contribution in [-0.4, -0.2) is 12.6 Å². The molecule has 4 nitrogen and oxygen atoms in total. The Bertz CT molecular complexity index is 343. The zero-order valence-electron chi connectivity index (χ0n) is 7.71. The van der Waals surface area contributed by atoms with Crippen LogP contribution in [0.3, 0.4) is 0 Å². The zero-order chi connectivity index (χ0) is 10.7. The Morgan fingerprint density at radius 2 is 2.14 bits per heavy atom. The Balaban J connectivity index is 3.06. The lowest BCUT2D eigenvalue weighted by atomic mass is 10.1. The van der Waals surface area contributed by atoms with Gasteiger partial charge in [0.25, 0.3) is 0 Å². The van der Waals surface area contributed by atoms with Crippen molar-refractivity contribution in [1.29, 1.82) is 0 Å². The van der Waals surface area contributed by atoms with Crippen molar-refractivity contribution in [3.8, 4) is 0 Å². The summed E-state index contributed by atoms with van der Waals surface area (Å²) in [5, 5.41) is 0. The SMILES string of the molecule is CCOC(=O)c1cc(N)c(N)c(F)c1. The van der Waals surface area contributed by atoms with Crippen LogP contribution in [0.2, 0.25) is 0 Å². The number of halogens is 1. The van der Waals surface area contributed by atoms with Crippen LogP contribution < -0.4 is 11.5 Å². The highest BCUT2D eigenvalue weighted by Crippen LogP contribution is 2.21. The molecule has 0 unspecified atom stereocenters. The topological polar surface area (TPSA) is 78.3 Å². The molecule has 0 spiro atoms. The van der Waals surface area contributed by atoms with E-state index in [1.54, 1.807) is 6.92 Å². The third kappa shape index (κ3) is 1.93. The van der Waals surface area contributed by atoms with Gasteiger partial charge in [0.2, 0.25) is 0 Å². The van der Waals surface area contributed by atoms with Crippen molar-refractivity contribution in [2.75, 3.05) is 18.1 Å². The van der Waals surface area contributed by atoms with Gasteiger partial charge in [0.15, 0.2) is 0 Å². The van der Waals surface area contributed by atoms with Gasteiger partial charge >= 0.3 is 5.97 Å². The number of benzene rings is 1. The highest BCUT2D eigenvalue weighted by molar-refractivity contribution is 5.91. The van der Waals surface area contributed by atoms with Crippen LogP contribution in [-0.2, 0) is 4.74 Å². The molecule has 4 N–H and O–H groups in total. The van der Waals surface area contributed by atoms with Crippen LogP contribution in [0.25, 0.3) is 0 Å². The second-order valence-electron chi connectivity index (χ2n) is 2.68. The van der Waals surface area contributed by atoms with Crippen LogP contribution in [0.15, 0.2) is 12.1 Å². The molecule has 0 atom stereocenters. The predicted molar refractivity (Wildman–Crippen MR) is 51.2 cm³/mol. The minimum absolute atomic E-state index is 0.0352. The quantitative estimate of drug-likeness (QED) is 0.552. The van der Waals surface area contributed by atoms with Crippen LogP contribution in [0.1, 0.15) is 17.3 Å². The van der Waals surface area contributed by atoms with E-state index in [0.29, 0.717) is 0 Å². The van der Waals surface area contributed by atoms with E-state index >= 15 is 0 Å². The summed E-state index contributed by atoms with van der Waals surface area (Å²) in [6.07, 6.45) is 0. The van der Waals surface area contributed by atoms with Gasteiger partial charge < -0.3 is 16.2 Å². The van der Waals surface area contributed by atoms with Crippen LogP contribution in [0, 0.1) is 5.82 Å². The zero-order valence-corrected chi connectivity index (χ0v) is 7.71. The number of hydrogen-bond acceptors (Lipinski definition) is 4. The number of rotatable bonds is 2. The maximum atomic E-state index is 13.0. The standard InChI is InChI=1S/C9H11FN2O2/c1-2-14-9(13)5-3-6(10)8(12)7(11)4-5/h3-4H,2,11-12H2,1H3. The van der Waals surface area contributed by atoms with Crippen molar-refractivity contribution in [2.45, 2.75) is 6.92 Å². The van der Waals surface area contributed by atoms with E-state index in [0.717, 1.165) is 6.07 Å². The van der Waals surface area contributed by atoms with E-state index in [1.807, 2.05) is 0 Å². The summed E-state index contributed by atoms with van der Waals surface area (Å²) in [4.78, 5) is 11.2. The molecule has 0 aromatic heterocycles. The minimum atomic E-state index is -0.715. The van der Waals surface area contributed by atoms with Crippen molar-refractivity contribution < 1.29 is 13.9 Å². The molecular formula is C9H11FN2O2. The first-order valence-electron chi connectivity index (χ1n) is 4.08. The lowest BCUT2D eigenvalue weighted by Gasteiger charge is -2.05. The third-order valence-corrected chi connectivity index (χ3v) is 1.67. The molecule has 14 heavy (non-hydrogen) atoms. The van der Waals surface area contributed by atoms with E-state index < -0.39 is 11.8 Å². The van der Waals surface area contributed by atoms with Crippen LogP contribution in [0.5, 0.6) is 0 Å². The molecule has 0 saturated carbocycles. The number of nitrogen functional groups attached to an aromatic ring is 2. The molecule has 0 amide bonds. The molecule has 0 aliphatic heterocycles. The number of anilines is 2. The van der Waals surface area contributed by atoms with Crippen molar-refractivity contribution in [2.24, 2.45) is 0 Å². The van der Waals surface area contributed by atoms with E-state index in [2.05, 4.69) is 4.74 Å². The monoisotopic (exact) mass is 198 g/mol. The fourth-order valence-corrected chi connectivity index (χ4v) is 0.971. The van der Waals surface area contributed by atoms with E-state index in [4.69, 9.17) is 11.5 Å². The normalized spacial score (nSPS) is 9.86. The maximum absolute atomic E-state index is 13.0. The van der Waals surface area contributed by atoms with Gasteiger partial charge in [0.1, 0.15) is 5.82 Å². The number of nitrogens with two attached hydrogens (primary N) is 2. The summed E-state index contributed by atoms with van der Waals surface area (Å²) in [6, 6.07) is 2.29. The average Bonchev–Trinajstić information content (AvgIpc) is 2.13. The molecule has 0 radical (unpaired) electrons. The Labute approximate surface area is 80.6 Å². The van der Waals surface area contributed by atoms with Gasteiger partial charge in [-0.3, -0.25) is 0 Å². The summed E-state index contributed by atoms with van der Waals surface area (Å²) in [5.74, 6) is -1.33. The van der Waals surface area contributed by atoms with Gasteiger partial charge in [-0.15, -0.1) is 0 Å². The molecule has 1 aromatic rings. The second kappa shape index (κ2) is 3.95. The number of ether oxygens (including phenoxy) is 1. The average molecular weight is 198 g/mol. The van der Waals surface area contributed by atoms with Crippen molar-refractivity contribution >= 4 is 17.3 Å². The van der Waals surface area contributed by atoms with Crippen LogP contribution in [0.4, 0.5) is 15.8 Å². The van der Waals surface area contributed by atoms with Gasteiger partial charge in [-0.05, 0) is 19.1 Å². The molecule has 0 saturated heterocycles. The summed E-state index contributed by atoms with van der Waals surface area (Å²) in [7, 11) is 0. The summed E-state index contributed by atoms with van der Waals surface area (Å²) < 4.78 is 17.7. The molecule has 1 rings (SSSR count). The third-order valence-electron chi connectivity index (χ3n) is 1.67. The molecule has 0 heterocycles. The second-order valence-corrected chi connectivity index (χ2v) is 2.68. The number of hydrogen-bond donors (Lipinski definition) is 2. The van der Waals surface area contributed by atoms with Crippen molar-refractivity contribution in [1.82, 2.24) is 0 Å². The Morgan fingerprint density at radius 1 is 1.50 bits per heavy atom. The summed E-state index contributed by atoms with van der Waals surface area (Å²) in [6.45, 7) is 1.89. The fraction of sp³-hybridized carbons (Fsp3) is 0.222. The highest BCUT2D eigenvalue weighted by atomic mass is 19.1. The Kier molecular flexibility index (Phi) is 2.91. The number of esters is 1.